The van der Waals surface area contributed by atoms with Gasteiger partial charge in [0.25, 0.3) is 0 Å². The Morgan fingerprint density at radius 3 is 2.69 bits per heavy atom. The fourth-order valence-corrected chi connectivity index (χ4v) is 2.01. The zero-order chi connectivity index (χ0) is 11.4. The molecule has 86 valence electrons. The minimum atomic E-state index is -0.417. The summed E-state index contributed by atoms with van der Waals surface area (Å²) in [6.07, 6.45) is 2.24. The van der Waals surface area contributed by atoms with Gasteiger partial charge in [0.15, 0.2) is 5.78 Å². The third-order valence-corrected chi connectivity index (χ3v) is 2.99. The van der Waals surface area contributed by atoms with E-state index in [0.717, 1.165) is 26.1 Å². The highest BCUT2D eigenvalue weighted by Gasteiger charge is 2.19. The third-order valence-electron chi connectivity index (χ3n) is 2.99. The van der Waals surface area contributed by atoms with Crippen molar-refractivity contribution >= 4 is 5.78 Å². The predicted octanol–water partition coefficient (Wildman–Crippen LogP) is 2.83. The van der Waals surface area contributed by atoms with Crippen LogP contribution in [-0.4, -0.2) is 19.0 Å². The van der Waals surface area contributed by atoms with E-state index in [2.05, 4.69) is 0 Å². The van der Waals surface area contributed by atoms with E-state index >= 15 is 0 Å². The average Bonchev–Trinajstić information content (AvgIpc) is 2.31. The molecule has 0 saturated carbocycles. The van der Waals surface area contributed by atoms with E-state index < -0.39 is 5.82 Å². The van der Waals surface area contributed by atoms with Gasteiger partial charge in [-0.15, -0.1) is 0 Å². The zero-order valence-electron chi connectivity index (χ0n) is 9.12. The number of carbonyl (C=O) groups excluding carboxylic acids is 1. The van der Waals surface area contributed by atoms with Gasteiger partial charge in [-0.25, -0.2) is 4.39 Å². The van der Waals surface area contributed by atoms with Crippen LogP contribution in [-0.2, 0) is 4.74 Å². The number of carbonyl (C=O) groups is 1. The van der Waals surface area contributed by atoms with Crippen LogP contribution in [0, 0.1) is 11.7 Å². The van der Waals surface area contributed by atoms with Crippen molar-refractivity contribution in [3.8, 4) is 0 Å². The molecular formula is C13H15FO2. The topological polar surface area (TPSA) is 26.3 Å². The number of rotatable bonds is 3. The van der Waals surface area contributed by atoms with Crippen LogP contribution in [0.2, 0.25) is 0 Å². The first kappa shape index (κ1) is 11.3. The first-order valence-corrected chi connectivity index (χ1v) is 5.63. The molecule has 1 heterocycles. The van der Waals surface area contributed by atoms with Gasteiger partial charge in [0.2, 0.25) is 0 Å². The molecule has 2 rings (SSSR count). The lowest BCUT2D eigenvalue weighted by Gasteiger charge is -2.21. The Hall–Kier alpha value is -1.22. The minimum Gasteiger partial charge on any atom is -0.381 e. The lowest BCUT2D eigenvalue weighted by molar-refractivity contribution is 0.0600. The van der Waals surface area contributed by atoms with Crippen molar-refractivity contribution in [2.24, 2.45) is 5.92 Å². The second-order valence-electron chi connectivity index (χ2n) is 4.16. The van der Waals surface area contributed by atoms with E-state index in [1.807, 2.05) is 0 Å². The van der Waals surface area contributed by atoms with Crippen LogP contribution in [0.5, 0.6) is 0 Å². The summed E-state index contributed by atoms with van der Waals surface area (Å²) >= 11 is 0. The molecular weight excluding hydrogens is 207 g/mol. The SMILES string of the molecule is O=C(CC1CCOCC1)c1ccccc1F. The summed E-state index contributed by atoms with van der Waals surface area (Å²) in [6, 6.07) is 6.18. The van der Waals surface area contributed by atoms with Gasteiger partial charge in [-0.1, -0.05) is 12.1 Å². The van der Waals surface area contributed by atoms with Crippen molar-refractivity contribution in [1.82, 2.24) is 0 Å². The quantitative estimate of drug-likeness (QED) is 0.735. The van der Waals surface area contributed by atoms with Crippen molar-refractivity contribution in [1.29, 1.82) is 0 Å². The van der Waals surface area contributed by atoms with Crippen LogP contribution in [0.1, 0.15) is 29.6 Å². The maximum Gasteiger partial charge on any atom is 0.166 e. The van der Waals surface area contributed by atoms with Gasteiger partial charge >= 0.3 is 0 Å². The Bertz CT molecular complexity index is 370. The molecule has 2 nitrogen and oxygen atoms in total. The summed E-state index contributed by atoms with van der Waals surface area (Å²) in [5.41, 5.74) is 0.217. The van der Waals surface area contributed by atoms with Crippen LogP contribution in [0.4, 0.5) is 4.39 Å². The van der Waals surface area contributed by atoms with Gasteiger partial charge in [0.05, 0.1) is 5.56 Å². The van der Waals surface area contributed by atoms with E-state index in [1.165, 1.54) is 6.07 Å². The molecule has 1 aliphatic heterocycles. The summed E-state index contributed by atoms with van der Waals surface area (Å²) in [6.45, 7) is 1.43. The Kier molecular flexibility index (Phi) is 3.67. The van der Waals surface area contributed by atoms with Gasteiger partial charge in [-0.05, 0) is 30.9 Å². The fourth-order valence-electron chi connectivity index (χ4n) is 2.01. The summed E-state index contributed by atoms with van der Waals surface area (Å²) in [7, 11) is 0. The second-order valence-corrected chi connectivity index (χ2v) is 4.16. The van der Waals surface area contributed by atoms with Gasteiger partial charge in [0, 0.05) is 19.6 Å². The Morgan fingerprint density at radius 2 is 2.00 bits per heavy atom. The van der Waals surface area contributed by atoms with Crippen molar-refractivity contribution < 1.29 is 13.9 Å². The van der Waals surface area contributed by atoms with Crippen molar-refractivity contribution in [2.75, 3.05) is 13.2 Å². The summed E-state index contributed by atoms with van der Waals surface area (Å²) in [5.74, 6) is -0.162. The monoisotopic (exact) mass is 222 g/mol. The van der Waals surface area contributed by atoms with E-state index in [1.54, 1.807) is 18.2 Å². The molecule has 0 N–H and O–H groups in total. The summed E-state index contributed by atoms with van der Waals surface area (Å²) < 4.78 is 18.6. The highest BCUT2D eigenvalue weighted by atomic mass is 19.1. The number of benzene rings is 1. The third kappa shape index (κ3) is 2.67. The second kappa shape index (κ2) is 5.21. The molecule has 1 aliphatic rings. The Labute approximate surface area is 94.4 Å². The molecule has 0 amide bonds. The first-order chi connectivity index (χ1) is 7.77. The molecule has 1 aromatic carbocycles. The van der Waals surface area contributed by atoms with Crippen molar-refractivity contribution in [3.63, 3.8) is 0 Å². The molecule has 3 heteroatoms. The lowest BCUT2D eigenvalue weighted by atomic mass is 9.92. The smallest absolute Gasteiger partial charge is 0.166 e. The zero-order valence-corrected chi connectivity index (χ0v) is 9.12. The van der Waals surface area contributed by atoms with Gasteiger partial charge in [0.1, 0.15) is 5.82 Å². The van der Waals surface area contributed by atoms with Gasteiger partial charge in [-0.2, -0.15) is 0 Å². The maximum absolute atomic E-state index is 13.3. The number of Topliss-reactive ketones (excluding diaryl/α,β-unsaturated/α-hetero) is 1. The molecule has 1 saturated heterocycles. The molecule has 0 aromatic heterocycles. The van der Waals surface area contributed by atoms with Crippen LogP contribution >= 0.6 is 0 Å². The van der Waals surface area contributed by atoms with Crippen LogP contribution in [0.3, 0.4) is 0 Å². The molecule has 0 spiro atoms. The summed E-state index contributed by atoms with van der Waals surface area (Å²) in [4.78, 5) is 11.9. The largest absolute Gasteiger partial charge is 0.381 e. The molecule has 16 heavy (non-hydrogen) atoms. The lowest BCUT2D eigenvalue weighted by Crippen LogP contribution is -2.19. The van der Waals surface area contributed by atoms with Crippen LogP contribution in [0.25, 0.3) is 0 Å². The molecule has 1 fully saturated rings. The molecule has 0 aliphatic carbocycles. The highest BCUT2D eigenvalue weighted by Crippen LogP contribution is 2.21. The number of hydrogen-bond acceptors (Lipinski definition) is 2. The van der Waals surface area contributed by atoms with Gasteiger partial charge < -0.3 is 4.74 Å². The number of ketones is 1. The number of hydrogen-bond donors (Lipinski definition) is 0. The average molecular weight is 222 g/mol. The molecule has 1 aromatic rings. The molecule has 0 atom stereocenters. The molecule has 0 bridgehead atoms. The van der Waals surface area contributed by atoms with E-state index in [-0.39, 0.29) is 11.3 Å². The molecule has 0 unspecified atom stereocenters. The summed E-state index contributed by atoms with van der Waals surface area (Å²) in [5, 5.41) is 0. The fraction of sp³-hybridized carbons (Fsp3) is 0.462. The van der Waals surface area contributed by atoms with Crippen molar-refractivity contribution in [3.05, 3.63) is 35.6 Å². The van der Waals surface area contributed by atoms with Gasteiger partial charge in [-0.3, -0.25) is 4.79 Å². The highest BCUT2D eigenvalue weighted by molar-refractivity contribution is 5.96. The number of ether oxygens (including phenoxy) is 1. The van der Waals surface area contributed by atoms with E-state index in [9.17, 15) is 9.18 Å². The Balaban J connectivity index is 2.00. The van der Waals surface area contributed by atoms with Crippen LogP contribution in [0.15, 0.2) is 24.3 Å². The van der Waals surface area contributed by atoms with E-state index in [4.69, 9.17) is 4.74 Å². The first-order valence-electron chi connectivity index (χ1n) is 5.63. The van der Waals surface area contributed by atoms with Crippen molar-refractivity contribution in [2.45, 2.75) is 19.3 Å². The maximum atomic E-state index is 13.3. The predicted molar refractivity (Wildman–Crippen MR) is 58.9 cm³/mol. The standard InChI is InChI=1S/C13H15FO2/c14-12-4-2-1-3-11(12)13(15)9-10-5-7-16-8-6-10/h1-4,10H,5-9H2. The van der Waals surface area contributed by atoms with E-state index in [0.29, 0.717) is 12.3 Å². The Morgan fingerprint density at radius 1 is 1.31 bits per heavy atom. The normalized spacial score (nSPS) is 17.3. The molecule has 0 radical (unpaired) electrons. The number of halogens is 1. The minimum absolute atomic E-state index is 0.0926. The van der Waals surface area contributed by atoms with Crippen LogP contribution < -0.4 is 0 Å².